The van der Waals surface area contributed by atoms with Gasteiger partial charge in [0.05, 0.1) is 0 Å². The molecule has 0 aromatic carbocycles. The highest BCUT2D eigenvalue weighted by Crippen LogP contribution is 2.08. The zero-order chi connectivity index (χ0) is 10.6. The molecule has 2 atom stereocenters. The molecule has 1 fully saturated rings. The van der Waals surface area contributed by atoms with E-state index in [0.717, 1.165) is 19.0 Å². The molecule has 0 amide bonds. The first-order valence-electron chi connectivity index (χ1n) is 5.73. The normalized spacial score (nSPS) is 30.6. The highest BCUT2D eigenvalue weighted by atomic mass is 15.2. The number of nitrogens with zero attached hydrogens (tertiary/aromatic N) is 2. The van der Waals surface area contributed by atoms with Crippen LogP contribution in [-0.2, 0) is 0 Å². The summed E-state index contributed by atoms with van der Waals surface area (Å²) in [6, 6.07) is 0.681. The van der Waals surface area contributed by atoms with Crippen LogP contribution >= 0.6 is 0 Å². The molecule has 0 aromatic heterocycles. The van der Waals surface area contributed by atoms with Crippen LogP contribution < -0.4 is 5.32 Å². The minimum atomic E-state index is 0.681. The van der Waals surface area contributed by atoms with E-state index in [1.54, 1.807) is 0 Å². The van der Waals surface area contributed by atoms with Gasteiger partial charge in [0.2, 0.25) is 0 Å². The van der Waals surface area contributed by atoms with Crippen molar-refractivity contribution in [3.63, 3.8) is 0 Å². The van der Waals surface area contributed by atoms with Crippen molar-refractivity contribution in [2.75, 3.05) is 46.8 Å². The number of rotatable bonds is 3. The van der Waals surface area contributed by atoms with Crippen LogP contribution in [0.1, 0.15) is 13.8 Å². The molecule has 84 valence electrons. The van der Waals surface area contributed by atoms with Crippen LogP contribution in [0.25, 0.3) is 0 Å². The second kappa shape index (κ2) is 5.69. The molecule has 0 bridgehead atoms. The van der Waals surface area contributed by atoms with E-state index in [-0.39, 0.29) is 0 Å². The van der Waals surface area contributed by atoms with E-state index in [1.807, 2.05) is 0 Å². The molecular formula is C11H25N3. The van der Waals surface area contributed by atoms with Crippen molar-refractivity contribution < 1.29 is 0 Å². The number of hydrogen-bond acceptors (Lipinski definition) is 3. The summed E-state index contributed by atoms with van der Waals surface area (Å²) >= 11 is 0. The van der Waals surface area contributed by atoms with Crippen LogP contribution in [-0.4, -0.2) is 62.7 Å². The summed E-state index contributed by atoms with van der Waals surface area (Å²) in [4.78, 5) is 4.88. The van der Waals surface area contributed by atoms with Gasteiger partial charge in [-0.1, -0.05) is 13.8 Å². The minimum absolute atomic E-state index is 0.681. The maximum absolute atomic E-state index is 3.55. The van der Waals surface area contributed by atoms with Gasteiger partial charge in [-0.25, -0.2) is 0 Å². The van der Waals surface area contributed by atoms with E-state index in [1.165, 1.54) is 19.6 Å². The lowest BCUT2D eigenvalue weighted by Crippen LogP contribution is -2.46. The van der Waals surface area contributed by atoms with Gasteiger partial charge in [-0.2, -0.15) is 0 Å². The van der Waals surface area contributed by atoms with Crippen molar-refractivity contribution in [3.05, 3.63) is 0 Å². The monoisotopic (exact) mass is 199 g/mol. The van der Waals surface area contributed by atoms with Gasteiger partial charge in [0, 0.05) is 25.7 Å². The van der Waals surface area contributed by atoms with E-state index in [9.17, 15) is 0 Å². The molecular weight excluding hydrogens is 174 g/mol. The Kier molecular flexibility index (Phi) is 4.85. The van der Waals surface area contributed by atoms with E-state index >= 15 is 0 Å². The van der Waals surface area contributed by atoms with Crippen LogP contribution in [0.15, 0.2) is 0 Å². The second-order valence-corrected chi connectivity index (χ2v) is 4.77. The van der Waals surface area contributed by atoms with E-state index in [2.05, 4.69) is 43.1 Å². The van der Waals surface area contributed by atoms with Gasteiger partial charge in [0.1, 0.15) is 0 Å². The van der Waals surface area contributed by atoms with E-state index < -0.39 is 0 Å². The Balaban J connectivity index is 2.51. The summed E-state index contributed by atoms with van der Waals surface area (Å²) in [6.45, 7) is 10.5. The van der Waals surface area contributed by atoms with Gasteiger partial charge in [-0.3, -0.25) is 4.90 Å². The van der Waals surface area contributed by atoms with Crippen molar-refractivity contribution in [1.82, 2.24) is 15.1 Å². The molecule has 0 saturated carbocycles. The van der Waals surface area contributed by atoms with Crippen molar-refractivity contribution >= 4 is 0 Å². The molecule has 1 heterocycles. The molecule has 1 aliphatic rings. The van der Waals surface area contributed by atoms with Crippen molar-refractivity contribution in [1.29, 1.82) is 0 Å². The summed E-state index contributed by atoms with van der Waals surface area (Å²) in [5.41, 5.74) is 0. The Labute approximate surface area is 88.5 Å². The van der Waals surface area contributed by atoms with E-state index in [4.69, 9.17) is 0 Å². The fourth-order valence-electron chi connectivity index (χ4n) is 2.23. The first-order valence-corrected chi connectivity index (χ1v) is 5.73. The average molecular weight is 199 g/mol. The Bertz CT molecular complexity index is 159. The number of hydrogen-bond donors (Lipinski definition) is 1. The third kappa shape index (κ3) is 3.56. The molecule has 3 nitrogen and oxygen atoms in total. The Morgan fingerprint density at radius 3 is 2.64 bits per heavy atom. The van der Waals surface area contributed by atoms with Crippen LogP contribution in [0.3, 0.4) is 0 Å². The predicted octanol–water partition coefficient (Wildman–Crippen LogP) is 0.478. The summed E-state index contributed by atoms with van der Waals surface area (Å²) in [7, 11) is 4.31. The van der Waals surface area contributed by atoms with Gasteiger partial charge in [0.25, 0.3) is 0 Å². The van der Waals surface area contributed by atoms with Crippen LogP contribution in [0.2, 0.25) is 0 Å². The summed E-state index contributed by atoms with van der Waals surface area (Å²) in [5.74, 6) is 0.780. The van der Waals surface area contributed by atoms with Crippen molar-refractivity contribution in [3.8, 4) is 0 Å². The third-order valence-corrected chi connectivity index (χ3v) is 2.92. The highest BCUT2D eigenvalue weighted by Gasteiger charge is 2.22. The Morgan fingerprint density at radius 2 is 2.07 bits per heavy atom. The van der Waals surface area contributed by atoms with Gasteiger partial charge in [-0.15, -0.1) is 0 Å². The third-order valence-electron chi connectivity index (χ3n) is 2.92. The summed E-state index contributed by atoms with van der Waals surface area (Å²) in [5, 5.41) is 3.55. The molecule has 0 spiro atoms. The molecule has 3 heteroatoms. The van der Waals surface area contributed by atoms with Crippen LogP contribution in [0.4, 0.5) is 0 Å². The maximum Gasteiger partial charge on any atom is 0.0347 e. The Morgan fingerprint density at radius 1 is 1.36 bits per heavy atom. The smallest absolute Gasteiger partial charge is 0.0347 e. The largest absolute Gasteiger partial charge is 0.315 e. The fourth-order valence-corrected chi connectivity index (χ4v) is 2.23. The van der Waals surface area contributed by atoms with Gasteiger partial charge in [0.15, 0.2) is 0 Å². The molecule has 0 radical (unpaired) electrons. The zero-order valence-corrected chi connectivity index (χ0v) is 10.1. The number of nitrogens with one attached hydrogen (secondary N) is 1. The van der Waals surface area contributed by atoms with Gasteiger partial charge >= 0.3 is 0 Å². The molecule has 0 aliphatic carbocycles. The first kappa shape index (κ1) is 12.0. The lowest BCUT2D eigenvalue weighted by atomic mass is 10.1. The topological polar surface area (TPSA) is 18.5 Å². The standard InChI is InChI=1S/C11H25N3/c1-5-14-8-10(2)6-12-7-11(14)9-13(3)4/h10-12H,5-9H2,1-4H3. The predicted molar refractivity (Wildman–Crippen MR) is 61.6 cm³/mol. The van der Waals surface area contributed by atoms with Crippen molar-refractivity contribution in [2.24, 2.45) is 5.92 Å². The van der Waals surface area contributed by atoms with Crippen LogP contribution in [0, 0.1) is 5.92 Å². The fraction of sp³-hybridized carbons (Fsp3) is 1.00. The first-order chi connectivity index (χ1) is 6.63. The molecule has 1 saturated heterocycles. The second-order valence-electron chi connectivity index (χ2n) is 4.77. The molecule has 14 heavy (non-hydrogen) atoms. The molecule has 0 aromatic rings. The van der Waals surface area contributed by atoms with Crippen molar-refractivity contribution in [2.45, 2.75) is 19.9 Å². The lowest BCUT2D eigenvalue weighted by molar-refractivity contribution is 0.168. The molecule has 1 N–H and O–H groups in total. The quantitative estimate of drug-likeness (QED) is 0.713. The number of likely N-dealkylation sites (N-methyl/N-ethyl adjacent to an activating group) is 2. The maximum atomic E-state index is 3.55. The molecule has 2 unspecified atom stereocenters. The summed E-state index contributed by atoms with van der Waals surface area (Å²) in [6.07, 6.45) is 0. The molecule has 1 rings (SSSR count). The average Bonchev–Trinajstić information content (AvgIpc) is 2.27. The zero-order valence-electron chi connectivity index (χ0n) is 10.1. The van der Waals surface area contributed by atoms with Gasteiger partial charge < -0.3 is 10.2 Å². The Hall–Kier alpha value is -0.120. The van der Waals surface area contributed by atoms with Crippen LogP contribution in [0.5, 0.6) is 0 Å². The van der Waals surface area contributed by atoms with E-state index in [0.29, 0.717) is 6.04 Å². The molecule has 1 aliphatic heterocycles. The summed E-state index contributed by atoms with van der Waals surface area (Å²) < 4.78 is 0. The van der Waals surface area contributed by atoms with Gasteiger partial charge in [-0.05, 0) is 33.1 Å². The highest BCUT2D eigenvalue weighted by molar-refractivity contribution is 4.81. The SMILES string of the molecule is CCN1CC(C)CNCC1CN(C)C. The minimum Gasteiger partial charge on any atom is -0.315 e. The lowest BCUT2D eigenvalue weighted by Gasteiger charge is -2.31.